The molecule has 0 atom stereocenters. The third kappa shape index (κ3) is 3.45. The molecule has 0 saturated heterocycles. The Balaban J connectivity index is 1.77. The zero-order valence-electron chi connectivity index (χ0n) is 14.3. The van der Waals surface area contributed by atoms with Crippen LogP contribution in [-0.2, 0) is 0 Å². The van der Waals surface area contributed by atoms with Gasteiger partial charge in [-0.15, -0.1) is 0 Å². The molecule has 5 nitrogen and oxygen atoms in total. The second-order valence-electron chi connectivity index (χ2n) is 5.90. The molecule has 8 heteroatoms. The molecule has 0 aliphatic rings. The van der Waals surface area contributed by atoms with Crippen molar-refractivity contribution in [2.45, 2.75) is 13.3 Å². The summed E-state index contributed by atoms with van der Waals surface area (Å²) in [6.45, 7) is 2.45. The van der Waals surface area contributed by atoms with E-state index in [0.29, 0.717) is 27.4 Å². The molecule has 0 aliphatic carbocycles. The van der Waals surface area contributed by atoms with Gasteiger partial charge >= 0.3 is 0 Å². The summed E-state index contributed by atoms with van der Waals surface area (Å²) in [6.07, 6.45) is 4.30. The van der Waals surface area contributed by atoms with Crippen LogP contribution in [0, 0.1) is 0 Å². The maximum absolute atomic E-state index is 12.7. The van der Waals surface area contributed by atoms with Crippen molar-refractivity contribution in [2.24, 2.45) is 0 Å². The molecule has 1 N–H and O–H groups in total. The lowest BCUT2D eigenvalue weighted by atomic mass is 10.2. The number of benzene rings is 1. The van der Waals surface area contributed by atoms with Gasteiger partial charge in [0.25, 0.3) is 5.56 Å². The van der Waals surface area contributed by atoms with Crippen molar-refractivity contribution < 1.29 is 9.84 Å². The molecule has 4 rings (SSSR count). The number of halogens is 1. The third-order valence-electron chi connectivity index (χ3n) is 3.93. The number of rotatable bonds is 5. The SMILES string of the molecule is CCCOc1cc(C=c2sc3nc(-c4ccsc4)cn3c2=O)cc(Cl)c1O. The number of imidazole rings is 1. The van der Waals surface area contributed by atoms with Gasteiger partial charge in [0.15, 0.2) is 16.5 Å². The highest BCUT2D eigenvalue weighted by atomic mass is 35.5. The topological polar surface area (TPSA) is 63.8 Å². The number of hydrogen-bond donors (Lipinski definition) is 1. The van der Waals surface area contributed by atoms with Gasteiger partial charge in [0.2, 0.25) is 0 Å². The van der Waals surface area contributed by atoms with E-state index < -0.39 is 0 Å². The molecule has 0 saturated carbocycles. The van der Waals surface area contributed by atoms with Crippen LogP contribution in [0.2, 0.25) is 5.02 Å². The average molecular weight is 419 g/mol. The zero-order chi connectivity index (χ0) is 19.0. The molecule has 138 valence electrons. The third-order valence-corrected chi connectivity index (χ3v) is 5.89. The number of aromatic hydroxyl groups is 1. The van der Waals surface area contributed by atoms with Crippen molar-refractivity contribution in [3.8, 4) is 22.8 Å². The lowest BCUT2D eigenvalue weighted by Crippen LogP contribution is -2.22. The van der Waals surface area contributed by atoms with Gasteiger partial charge in [-0.25, -0.2) is 4.98 Å². The van der Waals surface area contributed by atoms with E-state index >= 15 is 0 Å². The zero-order valence-corrected chi connectivity index (χ0v) is 16.7. The molecule has 0 spiro atoms. The summed E-state index contributed by atoms with van der Waals surface area (Å²) in [5, 5.41) is 14.2. The highest BCUT2D eigenvalue weighted by Crippen LogP contribution is 2.35. The Bertz CT molecular complexity index is 1210. The maximum atomic E-state index is 12.7. The molecular weight excluding hydrogens is 404 g/mol. The highest BCUT2D eigenvalue weighted by molar-refractivity contribution is 7.15. The Kier molecular flexibility index (Phi) is 4.90. The molecule has 3 heterocycles. The number of thiophene rings is 1. The van der Waals surface area contributed by atoms with Crippen molar-refractivity contribution in [3.63, 3.8) is 0 Å². The Morgan fingerprint density at radius 1 is 1.41 bits per heavy atom. The first-order valence-corrected chi connectivity index (χ1v) is 10.4. The van der Waals surface area contributed by atoms with E-state index in [2.05, 4.69) is 4.98 Å². The smallest absolute Gasteiger partial charge is 0.274 e. The second-order valence-corrected chi connectivity index (χ2v) is 8.10. The minimum absolute atomic E-state index is 0.0917. The van der Waals surface area contributed by atoms with Gasteiger partial charge < -0.3 is 9.84 Å². The molecule has 0 amide bonds. The fourth-order valence-corrected chi connectivity index (χ4v) is 4.46. The molecule has 27 heavy (non-hydrogen) atoms. The van der Waals surface area contributed by atoms with Gasteiger partial charge in [-0.05, 0) is 41.6 Å². The minimum Gasteiger partial charge on any atom is -0.503 e. The molecule has 0 unspecified atom stereocenters. The summed E-state index contributed by atoms with van der Waals surface area (Å²) in [4.78, 5) is 17.9. The van der Waals surface area contributed by atoms with E-state index in [4.69, 9.17) is 16.3 Å². The van der Waals surface area contributed by atoms with Crippen molar-refractivity contribution in [2.75, 3.05) is 6.61 Å². The second kappa shape index (κ2) is 7.34. The van der Waals surface area contributed by atoms with E-state index in [9.17, 15) is 9.90 Å². The number of phenolic OH excluding ortho intramolecular Hbond substituents is 1. The van der Waals surface area contributed by atoms with E-state index in [-0.39, 0.29) is 16.3 Å². The summed E-state index contributed by atoms with van der Waals surface area (Å²) in [5.41, 5.74) is 2.34. The minimum atomic E-state index is -0.135. The van der Waals surface area contributed by atoms with Crippen LogP contribution in [0.4, 0.5) is 0 Å². The van der Waals surface area contributed by atoms with Crippen LogP contribution in [-0.4, -0.2) is 21.1 Å². The predicted molar refractivity (Wildman–Crippen MR) is 110 cm³/mol. The predicted octanol–water partition coefficient (Wildman–Crippen LogP) is 4.18. The van der Waals surface area contributed by atoms with Crippen LogP contribution >= 0.6 is 34.3 Å². The molecule has 4 aromatic rings. The van der Waals surface area contributed by atoms with E-state index in [0.717, 1.165) is 17.7 Å². The van der Waals surface area contributed by atoms with Crippen LogP contribution in [0.25, 0.3) is 22.3 Å². The van der Waals surface area contributed by atoms with Crippen LogP contribution in [0.3, 0.4) is 0 Å². The lowest BCUT2D eigenvalue weighted by molar-refractivity contribution is 0.299. The van der Waals surface area contributed by atoms with Crippen LogP contribution in [0.1, 0.15) is 18.9 Å². The van der Waals surface area contributed by atoms with E-state index in [1.807, 2.05) is 23.8 Å². The molecule has 3 aromatic heterocycles. The summed E-state index contributed by atoms with van der Waals surface area (Å²) in [6, 6.07) is 5.26. The Morgan fingerprint density at radius 3 is 2.96 bits per heavy atom. The molecule has 1 aromatic carbocycles. The number of ether oxygens (including phenoxy) is 1. The van der Waals surface area contributed by atoms with Crippen LogP contribution < -0.4 is 14.8 Å². The van der Waals surface area contributed by atoms with Crippen LogP contribution in [0.5, 0.6) is 11.5 Å². The number of aromatic nitrogens is 2. The summed E-state index contributed by atoms with van der Waals surface area (Å²) >= 11 is 9.00. The fraction of sp³-hybridized carbons (Fsp3) is 0.158. The van der Waals surface area contributed by atoms with Gasteiger partial charge in [-0.3, -0.25) is 9.20 Å². The first-order chi connectivity index (χ1) is 13.1. The van der Waals surface area contributed by atoms with Crippen molar-refractivity contribution in [1.29, 1.82) is 0 Å². The average Bonchev–Trinajstić information content (AvgIpc) is 3.36. The number of fused-ring (bicyclic) bond motifs is 1. The van der Waals surface area contributed by atoms with Gasteiger partial charge in [-0.1, -0.05) is 29.9 Å². The standard InChI is InChI=1S/C19H15ClN2O3S2/c1-2-4-25-15-7-11(6-13(20)17(15)23)8-16-18(24)22-9-14(21-19(22)27-16)12-3-5-26-10-12/h3,5-10,23H,2,4H2,1H3. The maximum Gasteiger partial charge on any atom is 0.274 e. The largest absolute Gasteiger partial charge is 0.503 e. The van der Waals surface area contributed by atoms with Crippen molar-refractivity contribution >= 4 is 45.3 Å². The number of phenols is 1. The summed E-state index contributed by atoms with van der Waals surface area (Å²) < 4.78 is 7.63. The number of nitrogens with zero attached hydrogens (tertiary/aromatic N) is 2. The first-order valence-electron chi connectivity index (χ1n) is 8.28. The van der Waals surface area contributed by atoms with Gasteiger partial charge in [-0.2, -0.15) is 11.3 Å². The lowest BCUT2D eigenvalue weighted by Gasteiger charge is -2.09. The molecular formula is C19H15ClN2O3S2. The van der Waals surface area contributed by atoms with E-state index in [1.54, 1.807) is 40.1 Å². The van der Waals surface area contributed by atoms with Gasteiger partial charge in [0, 0.05) is 17.1 Å². The summed E-state index contributed by atoms with van der Waals surface area (Å²) in [7, 11) is 0. The Labute approximate surface area is 167 Å². The van der Waals surface area contributed by atoms with E-state index in [1.165, 1.54) is 11.3 Å². The molecule has 0 fully saturated rings. The fourth-order valence-electron chi connectivity index (χ4n) is 2.63. The highest BCUT2D eigenvalue weighted by Gasteiger charge is 2.12. The van der Waals surface area contributed by atoms with Crippen molar-refractivity contribution in [3.05, 3.63) is 60.6 Å². The van der Waals surface area contributed by atoms with Gasteiger partial charge in [0.1, 0.15) is 0 Å². The molecule has 0 bridgehead atoms. The quantitative estimate of drug-likeness (QED) is 0.528. The molecule has 0 aliphatic heterocycles. The van der Waals surface area contributed by atoms with Crippen LogP contribution in [0.15, 0.2) is 40.0 Å². The van der Waals surface area contributed by atoms with Crippen molar-refractivity contribution in [1.82, 2.24) is 9.38 Å². The Morgan fingerprint density at radius 2 is 2.26 bits per heavy atom. The monoisotopic (exact) mass is 418 g/mol. The van der Waals surface area contributed by atoms with Gasteiger partial charge in [0.05, 0.1) is 21.9 Å². The molecule has 0 radical (unpaired) electrons. The Hall–Kier alpha value is -2.35. The number of thiazole rings is 1. The normalized spacial score (nSPS) is 12.1. The first kappa shape index (κ1) is 18.0. The summed E-state index contributed by atoms with van der Waals surface area (Å²) in [5.74, 6) is 0.218. The number of hydrogen-bond acceptors (Lipinski definition) is 6.